The highest BCUT2D eigenvalue weighted by Gasteiger charge is 2.44. The Labute approximate surface area is 108 Å². The number of allylic oxidation sites excluding steroid dienone is 2. The van der Waals surface area contributed by atoms with Gasteiger partial charge in [-0.2, -0.15) is 0 Å². The Balaban J connectivity index is 2.21. The quantitative estimate of drug-likeness (QED) is 0.492. The molecule has 0 bridgehead atoms. The van der Waals surface area contributed by atoms with Gasteiger partial charge in [0.25, 0.3) is 0 Å². The second-order valence-corrected chi connectivity index (χ2v) is 6.60. The predicted molar refractivity (Wildman–Crippen MR) is 78.1 cm³/mol. The lowest BCUT2D eigenvalue weighted by molar-refractivity contribution is 0.0243. The molecular weight excluding hydrogens is 204 g/mol. The molecular formula is C17H30. The van der Waals surface area contributed by atoms with Crippen LogP contribution in [0.4, 0.5) is 0 Å². The zero-order chi connectivity index (χ0) is 13.1. The van der Waals surface area contributed by atoms with Crippen molar-refractivity contribution in [2.75, 3.05) is 0 Å². The number of rotatable bonds is 7. The van der Waals surface area contributed by atoms with Crippen LogP contribution in [0.1, 0.15) is 66.2 Å². The summed E-state index contributed by atoms with van der Waals surface area (Å²) in [6, 6.07) is 0. The van der Waals surface area contributed by atoms with Crippen LogP contribution < -0.4 is 0 Å². The summed E-state index contributed by atoms with van der Waals surface area (Å²) in [6.45, 7) is 17.8. The fraction of sp³-hybridized carbons (Fsp3) is 0.765. The fourth-order valence-corrected chi connectivity index (χ4v) is 3.04. The molecule has 0 N–H and O–H groups in total. The van der Waals surface area contributed by atoms with E-state index in [1.807, 2.05) is 0 Å². The molecule has 0 aliphatic heterocycles. The van der Waals surface area contributed by atoms with Crippen molar-refractivity contribution >= 4 is 0 Å². The Morgan fingerprint density at radius 1 is 1.18 bits per heavy atom. The van der Waals surface area contributed by atoms with Crippen LogP contribution in [0.5, 0.6) is 0 Å². The van der Waals surface area contributed by atoms with Gasteiger partial charge >= 0.3 is 0 Å². The molecule has 0 aromatic carbocycles. The Morgan fingerprint density at radius 2 is 1.82 bits per heavy atom. The highest BCUT2D eigenvalue weighted by molar-refractivity contribution is 5.12. The second-order valence-electron chi connectivity index (χ2n) is 6.60. The van der Waals surface area contributed by atoms with Crippen molar-refractivity contribution in [1.29, 1.82) is 0 Å². The van der Waals surface area contributed by atoms with E-state index < -0.39 is 0 Å². The maximum atomic E-state index is 4.31. The van der Waals surface area contributed by atoms with Gasteiger partial charge in [0.1, 0.15) is 0 Å². The molecule has 0 heteroatoms. The molecule has 0 radical (unpaired) electrons. The highest BCUT2D eigenvalue weighted by atomic mass is 14.5. The van der Waals surface area contributed by atoms with E-state index in [0.29, 0.717) is 5.41 Å². The lowest BCUT2D eigenvalue weighted by Crippen LogP contribution is -2.42. The Kier molecular flexibility index (Phi) is 5.04. The summed E-state index contributed by atoms with van der Waals surface area (Å²) in [4.78, 5) is 0. The van der Waals surface area contributed by atoms with Gasteiger partial charge in [0.05, 0.1) is 0 Å². The summed E-state index contributed by atoms with van der Waals surface area (Å²) >= 11 is 0. The van der Waals surface area contributed by atoms with Gasteiger partial charge in [0.15, 0.2) is 0 Å². The number of hydrogen-bond donors (Lipinski definition) is 0. The van der Waals surface area contributed by atoms with Crippen LogP contribution in [0, 0.1) is 17.3 Å². The largest absolute Gasteiger partial charge is 0.0999 e. The Hall–Kier alpha value is -0.520. The summed E-state index contributed by atoms with van der Waals surface area (Å²) in [5.41, 5.74) is 3.45. The summed E-state index contributed by atoms with van der Waals surface area (Å²) in [5.74, 6) is 1.60. The minimum absolute atomic E-state index is 0.541. The van der Waals surface area contributed by atoms with Gasteiger partial charge in [0, 0.05) is 0 Å². The van der Waals surface area contributed by atoms with Crippen LogP contribution in [-0.4, -0.2) is 0 Å². The Bertz CT molecular complexity index is 282. The van der Waals surface area contributed by atoms with E-state index >= 15 is 0 Å². The minimum atomic E-state index is 0.541. The smallest absolute Gasteiger partial charge is 0.0170 e. The molecule has 0 heterocycles. The van der Waals surface area contributed by atoms with Crippen molar-refractivity contribution < 1.29 is 0 Å². The third kappa shape index (κ3) is 3.72. The Morgan fingerprint density at radius 3 is 2.29 bits per heavy atom. The van der Waals surface area contributed by atoms with Crippen LogP contribution in [0.15, 0.2) is 24.3 Å². The van der Waals surface area contributed by atoms with E-state index in [-0.39, 0.29) is 0 Å². The van der Waals surface area contributed by atoms with Crippen LogP contribution in [0.2, 0.25) is 0 Å². The van der Waals surface area contributed by atoms with E-state index in [1.165, 1.54) is 49.7 Å². The molecule has 0 amide bonds. The number of hydrogen-bond acceptors (Lipinski definition) is 0. The van der Waals surface area contributed by atoms with E-state index in [4.69, 9.17) is 0 Å². The average Bonchev–Trinajstić information content (AvgIpc) is 2.26. The topological polar surface area (TPSA) is 0 Å². The molecule has 1 unspecified atom stereocenters. The standard InChI is InChI=1S/C17H30/c1-7-9-13(2)10-8-11-14(3)16-12-17(5,6)15(16)4/h15-16H,2-3,7-12H2,1,4-6H3/t15-,16?/m1/s1. The molecule has 1 aliphatic carbocycles. The predicted octanol–water partition coefficient (Wildman–Crippen LogP) is 5.75. The molecule has 1 saturated carbocycles. The maximum absolute atomic E-state index is 4.31. The first-order valence-corrected chi connectivity index (χ1v) is 7.22. The van der Waals surface area contributed by atoms with Crippen molar-refractivity contribution in [2.45, 2.75) is 66.2 Å². The van der Waals surface area contributed by atoms with Crippen LogP contribution in [0.25, 0.3) is 0 Å². The zero-order valence-electron chi connectivity index (χ0n) is 12.3. The maximum Gasteiger partial charge on any atom is -0.0170 e. The zero-order valence-corrected chi connectivity index (χ0v) is 12.3. The average molecular weight is 234 g/mol. The van der Waals surface area contributed by atoms with Crippen molar-refractivity contribution in [3.05, 3.63) is 24.3 Å². The molecule has 0 spiro atoms. The summed E-state index contributed by atoms with van der Waals surface area (Å²) in [6.07, 6.45) is 7.41. The third-order valence-electron chi connectivity index (χ3n) is 4.74. The first-order valence-electron chi connectivity index (χ1n) is 7.22. The SMILES string of the molecule is C=C(CCC)CCCC(=C)C1CC(C)(C)[C@@H]1C. The minimum Gasteiger partial charge on any atom is -0.0999 e. The van der Waals surface area contributed by atoms with Crippen LogP contribution >= 0.6 is 0 Å². The van der Waals surface area contributed by atoms with Crippen LogP contribution in [-0.2, 0) is 0 Å². The van der Waals surface area contributed by atoms with Gasteiger partial charge in [-0.3, -0.25) is 0 Å². The van der Waals surface area contributed by atoms with Gasteiger partial charge in [-0.15, -0.1) is 0 Å². The molecule has 1 aliphatic rings. The third-order valence-corrected chi connectivity index (χ3v) is 4.74. The van der Waals surface area contributed by atoms with Gasteiger partial charge in [-0.25, -0.2) is 0 Å². The molecule has 0 aromatic heterocycles. The monoisotopic (exact) mass is 234 g/mol. The van der Waals surface area contributed by atoms with Gasteiger partial charge < -0.3 is 0 Å². The van der Waals surface area contributed by atoms with Crippen molar-refractivity contribution in [3.8, 4) is 0 Å². The first kappa shape index (κ1) is 14.5. The molecule has 98 valence electrons. The van der Waals surface area contributed by atoms with E-state index in [0.717, 1.165) is 11.8 Å². The van der Waals surface area contributed by atoms with Gasteiger partial charge in [0.2, 0.25) is 0 Å². The first-order chi connectivity index (χ1) is 7.88. The van der Waals surface area contributed by atoms with Crippen molar-refractivity contribution in [1.82, 2.24) is 0 Å². The lowest BCUT2D eigenvalue weighted by Gasteiger charge is -2.51. The van der Waals surface area contributed by atoms with Crippen molar-refractivity contribution in [2.24, 2.45) is 17.3 Å². The summed E-state index contributed by atoms with van der Waals surface area (Å²) in [5, 5.41) is 0. The molecule has 1 fully saturated rings. The molecule has 0 nitrogen and oxygen atoms in total. The second kappa shape index (κ2) is 5.89. The normalized spacial score (nSPS) is 26.4. The fourth-order valence-electron chi connectivity index (χ4n) is 3.04. The van der Waals surface area contributed by atoms with Gasteiger partial charge in [-0.05, 0) is 49.4 Å². The summed E-state index contributed by atoms with van der Waals surface area (Å²) < 4.78 is 0. The highest BCUT2D eigenvalue weighted by Crippen LogP contribution is 2.53. The van der Waals surface area contributed by atoms with Gasteiger partial charge in [-0.1, -0.05) is 58.4 Å². The van der Waals surface area contributed by atoms with E-state index in [2.05, 4.69) is 40.9 Å². The molecule has 1 rings (SSSR count). The van der Waals surface area contributed by atoms with Crippen molar-refractivity contribution in [3.63, 3.8) is 0 Å². The van der Waals surface area contributed by atoms with E-state index in [1.54, 1.807) is 0 Å². The van der Waals surface area contributed by atoms with Crippen LogP contribution in [0.3, 0.4) is 0 Å². The van der Waals surface area contributed by atoms with E-state index in [9.17, 15) is 0 Å². The molecule has 2 atom stereocenters. The molecule has 0 aromatic rings. The molecule has 17 heavy (non-hydrogen) atoms. The lowest BCUT2D eigenvalue weighted by atomic mass is 9.54. The molecule has 0 saturated heterocycles. The summed E-state index contributed by atoms with van der Waals surface area (Å²) in [7, 11) is 0.